The van der Waals surface area contributed by atoms with Crippen molar-refractivity contribution in [3.63, 3.8) is 0 Å². The molecule has 0 aliphatic carbocycles. The highest BCUT2D eigenvalue weighted by atomic mass is 16.2. The Morgan fingerprint density at radius 3 is 2.35 bits per heavy atom. The van der Waals surface area contributed by atoms with E-state index in [1.165, 1.54) is 36.8 Å². The summed E-state index contributed by atoms with van der Waals surface area (Å²) in [6.07, 6.45) is 2.52. The van der Waals surface area contributed by atoms with E-state index in [1.54, 1.807) is 4.90 Å². The van der Waals surface area contributed by atoms with Crippen LogP contribution in [-0.2, 0) is 11.3 Å². The highest BCUT2D eigenvalue weighted by Crippen LogP contribution is 2.30. The fourth-order valence-electron chi connectivity index (χ4n) is 5.47. The highest BCUT2D eigenvalue weighted by Gasteiger charge is 2.47. The molecule has 0 spiro atoms. The van der Waals surface area contributed by atoms with E-state index in [9.17, 15) is 9.59 Å². The van der Waals surface area contributed by atoms with Gasteiger partial charge in [0.2, 0.25) is 5.91 Å². The van der Waals surface area contributed by atoms with Crippen LogP contribution in [0.3, 0.4) is 0 Å². The normalized spacial score (nSPS) is 24.0. The van der Waals surface area contributed by atoms with Gasteiger partial charge in [-0.2, -0.15) is 0 Å². The summed E-state index contributed by atoms with van der Waals surface area (Å²) in [5, 5.41) is 7.02. The molecule has 2 heterocycles. The third-order valence-corrected chi connectivity index (χ3v) is 7.55. The van der Waals surface area contributed by atoms with Gasteiger partial charge >= 0.3 is 6.03 Å². The molecule has 8 heteroatoms. The minimum atomic E-state index is -0.739. The standard InChI is InChI=1S/C29H42N6O2/c1-20(2)19-35-26(30)25(28(36)34(4)29(35)37)27(32-23-10-6-5-7-11-23)31-18-21-13-15-22(16-14-21)24-12-8-9-17-33(24)3/h5-7,10-11,13-16,20,24-27,31-32H,8-9,12,17-19,30H2,1-4H3. The van der Waals surface area contributed by atoms with Gasteiger partial charge in [0, 0.05) is 31.9 Å². The van der Waals surface area contributed by atoms with Gasteiger partial charge in [0.25, 0.3) is 0 Å². The average Bonchev–Trinajstić information content (AvgIpc) is 2.89. The maximum Gasteiger partial charge on any atom is 0.327 e. The van der Waals surface area contributed by atoms with Gasteiger partial charge in [-0.1, -0.05) is 62.7 Å². The average molecular weight is 507 g/mol. The van der Waals surface area contributed by atoms with Gasteiger partial charge in [-0.05, 0) is 55.6 Å². The third-order valence-electron chi connectivity index (χ3n) is 7.55. The molecule has 2 aromatic rings. The lowest BCUT2D eigenvalue weighted by atomic mass is 9.94. The number of likely N-dealkylation sites (tertiary alicyclic amines) is 1. The second kappa shape index (κ2) is 12.1. The molecule has 8 nitrogen and oxygen atoms in total. The molecule has 200 valence electrons. The first kappa shape index (κ1) is 27.1. The minimum absolute atomic E-state index is 0.229. The maximum absolute atomic E-state index is 13.4. The molecule has 2 aliphatic rings. The summed E-state index contributed by atoms with van der Waals surface area (Å²) in [5.41, 5.74) is 9.98. The highest BCUT2D eigenvalue weighted by molar-refractivity contribution is 5.98. The number of imide groups is 1. The van der Waals surface area contributed by atoms with Crippen LogP contribution in [0.4, 0.5) is 10.5 Å². The molecule has 2 fully saturated rings. The van der Waals surface area contributed by atoms with E-state index < -0.39 is 18.2 Å². The Hall–Kier alpha value is -2.94. The fourth-order valence-corrected chi connectivity index (χ4v) is 5.47. The van der Waals surface area contributed by atoms with E-state index in [0.29, 0.717) is 19.1 Å². The summed E-state index contributed by atoms with van der Waals surface area (Å²) in [7, 11) is 3.74. The van der Waals surface area contributed by atoms with Gasteiger partial charge in [-0.3, -0.25) is 19.9 Å². The summed E-state index contributed by atoms with van der Waals surface area (Å²) in [5.74, 6) is -0.710. The van der Waals surface area contributed by atoms with Crippen LogP contribution in [0.15, 0.2) is 54.6 Å². The van der Waals surface area contributed by atoms with Crippen molar-refractivity contribution in [2.75, 3.05) is 32.5 Å². The molecule has 4 rings (SSSR count). The first-order chi connectivity index (χ1) is 17.8. The lowest BCUT2D eigenvalue weighted by Gasteiger charge is -2.45. The third kappa shape index (κ3) is 6.32. The number of para-hydroxylation sites is 1. The zero-order valence-electron chi connectivity index (χ0n) is 22.6. The molecule has 0 bridgehead atoms. The van der Waals surface area contributed by atoms with Crippen LogP contribution >= 0.6 is 0 Å². The van der Waals surface area contributed by atoms with Crippen LogP contribution in [0.1, 0.15) is 50.3 Å². The number of amides is 3. The smallest absolute Gasteiger partial charge is 0.327 e. The number of carbonyl (C=O) groups is 2. The monoisotopic (exact) mass is 506 g/mol. The molecule has 4 unspecified atom stereocenters. The van der Waals surface area contributed by atoms with Crippen LogP contribution in [-0.4, -0.2) is 66.2 Å². The van der Waals surface area contributed by atoms with Gasteiger partial charge in [-0.15, -0.1) is 0 Å². The molecular formula is C29H42N6O2. The molecule has 2 saturated heterocycles. The van der Waals surface area contributed by atoms with Gasteiger partial charge in [0.15, 0.2) is 0 Å². The number of nitrogens with one attached hydrogen (secondary N) is 2. The minimum Gasteiger partial charge on any atom is -0.369 e. The van der Waals surface area contributed by atoms with Gasteiger partial charge in [-0.25, -0.2) is 4.79 Å². The Morgan fingerprint density at radius 1 is 1.00 bits per heavy atom. The lowest BCUT2D eigenvalue weighted by molar-refractivity contribution is -0.138. The Kier molecular flexibility index (Phi) is 8.84. The quantitative estimate of drug-likeness (QED) is 0.448. The predicted octanol–water partition coefficient (Wildman–Crippen LogP) is 3.82. The zero-order valence-corrected chi connectivity index (χ0v) is 22.6. The van der Waals surface area contributed by atoms with Crippen molar-refractivity contribution in [2.45, 2.75) is 58.0 Å². The summed E-state index contributed by atoms with van der Waals surface area (Å²) in [4.78, 5) is 31.5. The zero-order chi connectivity index (χ0) is 26.5. The molecule has 0 saturated carbocycles. The Bertz CT molecular complexity index is 1040. The van der Waals surface area contributed by atoms with Crippen LogP contribution in [0, 0.1) is 11.8 Å². The predicted molar refractivity (Wildman–Crippen MR) is 148 cm³/mol. The van der Waals surface area contributed by atoms with E-state index in [1.807, 2.05) is 44.2 Å². The number of carbonyl (C=O) groups excluding carboxylic acids is 2. The van der Waals surface area contributed by atoms with E-state index in [2.05, 4.69) is 46.8 Å². The molecule has 2 aromatic carbocycles. The topological polar surface area (TPSA) is 93.9 Å². The SMILES string of the molecule is CC(C)CN1C(=O)N(C)C(=O)C(C(NCc2ccc(C3CCCCN3C)cc2)Nc2ccccc2)C1N. The molecule has 3 amide bonds. The molecule has 2 aliphatic heterocycles. The van der Waals surface area contributed by atoms with Crippen molar-refractivity contribution < 1.29 is 9.59 Å². The van der Waals surface area contributed by atoms with Crippen LogP contribution < -0.4 is 16.4 Å². The second-order valence-corrected chi connectivity index (χ2v) is 10.8. The first-order valence-corrected chi connectivity index (χ1v) is 13.4. The van der Waals surface area contributed by atoms with Gasteiger partial charge in [0.05, 0.1) is 12.3 Å². The van der Waals surface area contributed by atoms with Crippen molar-refractivity contribution in [2.24, 2.45) is 17.6 Å². The molecule has 0 radical (unpaired) electrons. The molecule has 0 aromatic heterocycles. The number of hydrogen-bond donors (Lipinski definition) is 3. The summed E-state index contributed by atoms with van der Waals surface area (Å²) >= 11 is 0. The Balaban J connectivity index is 1.54. The fraction of sp³-hybridized carbons (Fsp3) is 0.517. The molecule has 37 heavy (non-hydrogen) atoms. The first-order valence-electron chi connectivity index (χ1n) is 13.4. The van der Waals surface area contributed by atoms with Crippen molar-refractivity contribution in [1.82, 2.24) is 20.0 Å². The molecular weight excluding hydrogens is 464 g/mol. The second-order valence-electron chi connectivity index (χ2n) is 10.8. The summed E-state index contributed by atoms with van der Waals surface area (Å²) in [6, 6.07) is 18.7. The number of piperidine rings is 1. The van der Waals surface area contributed by atoms with Crippen molar-refractivity contribution in [3.8, 4) is 0 Å². The van der Waals surface area contributed by atoms with Crippen molar-refractivity contribution >= 4 is 17.6 Å². The largest absolute Gasteiger partial charge is 0.369 e. The maximum atomic E-state index is 13.4. The van der Waals surface area contributed by atoms with E-state index in [0.717, 1.165) is 17.8 Å². The summed E-state index contributed by atoms with van der Waals surface area (Å²) in [6.45, 7) is 6.27. The number of rotatable bonds is 9. The number of anilines is 1. The van der Waals surface area contributed by atoms with E-state index >= 15 is 0 Å². The van der Waals surface area contributed by atoms with Crippen LogP contribution in [0.2, 0.25) is 0 Å². The molecule has 4 atom stereocenters. The number of nitrogens with zero attached hydrogens (tertiary/aromatic N) is 3. The van der Waals surface area contributed by atoms with Crippen molar-refractivity contribution in [3.05, 3.63) is 65.7 Å². The van der Waals surface area contributed by atoms with E-state index in [4.69, 9.17) is 5.73 Å². The Morgan fingerprint density at radius 2 is 1.70 bits per heavy atom. The van der Waals surface area contributed by atoms with Crippen LogP contribution in [0.25, 0.3) is 0 Å². The Labute approximate surface area is 221 Å². The lowest BCUT2D eigenvalue weighted by Crippen LogP contribution is -2.69. The van der Waals surface area contributed by atoms with Gasteiger partial charge in [0.1, 0.15) is 5.92 Å². The number of hydrogen-bond acceptors (Lipinski definition) is 6. The number of benzene rings is 2. The van der Waals surface area contributed by atoms with Crippen LogP contribution in [0.5, 0.6) is 0 Å². The number of urea groups is 1. The summed E-state index contributed by atoms with van der Waals surface area (Å²) < 4.78 is 0. The number of nitrogens with two attached hydrogens (primary N) is 1. The van der Waals surface area contributed by atoms with Gasteiger partial charge < -0.3 is 16.0 Å². The van der Waals surface area contributed by atoms with Crippen molar-refractivity contribution in [1.29, 1.82) is 0 Å². The molecule has 4 N–H and O–H groups in total. The van der Waals surface area contributed by atoms with E-state index in [-0.39, 0.29) is 17.9 Å².